The first kappa shape index (κ1) is 15.0. The maximum Gasteiger partial charge on any atom is 0.341 e. The molecular weight excluding hydrogens is 302 g/mol. The van der Waals surface area contributed by atoms with Crippen LogP contribution in [0.5, 0.6) is 0 Å². The zero-order chi connectivity index (χ0) is 15.9. The predicted octanol–water partition coefficient (Wildman–Crippen LogP) is 2.41. The largest absolute Gasteiger partial charge is 0.477 e. The van der Waals surface area contributed by atoms with Crippen molar-refractivity contribution < 1.29 is 9.90 Å². The van der Waals surface area contributed by atoms with Gasteiger partial charge < -0.3 is 14.6 Å². The lowest BCUT2D eigenvalue weighted by Gasteiger charge is -2.29. The topological polar surface area (TPSA) is 75.4 Å². The monoisotopic (exact) mass is 321 g/mol. The highest BCUT2D eigenvalue weighted by Crippen LogP contribution is 2.30. The maximum atomic E-state index is 12.3. The summed E-state index contributed by atoms with van der Waals surface area (Å²) in [6.45, 7) is 6.62. The van der Waals surface area contributed by atoms with Crippen LogP contribution in [0, 0.1) is 5.92 Å². The number of aryl methyl sites for hydroxylation is 1. The number of carboxylic acids is 1. The molecule has 0 bridgehead atoms. The van der Waals surface area contributed by atoms with Crippen molar-refractivity contribution in [3.8, 4) is 0 Å². The third kappa shape index (κ3) is 2.49. The lowest BCUT2D eigenvalue weighted by atomic mass is 10.00. The van der Waals surface area contributed by atoms with Crippen LogP contribution in [0.4, 0.5) is 5.13 Å². The number of aromatic carboxylic acids is 1. The lowest BCUT2D eigenvalue weighted by Crippen LogP contribution is -2.32. The minimum atomic E-state index is -1.18. The minimum absolute atomic E-state index is 0.184. The quantitative estimate of drug-likeness (QED) is 0.939. The molecule has 0 aromatic carbocycles. The number of hydrogen-bond donors (Lipinski definition) is 1. The Balaban J connectivity index is 2.10. The van der Waals surface area contributed by atoms with E-state index in [-0.39, 0.29) is 5.56 Å². The van der Waals surface area contributed by atoms with E-state index in [0.717, 1.165) is 37.0 Å². The molecule has 1 aliphatic rings. The number of piperidine rings is 1. The Morgan fingerprint density at radius 3 is 2.73 bits per heavy atom. The number of hydrogen-bond acceptors (Lipinski definition) is 5. The van der Waals surface area contributed by atoms with Gasteiger partial charge in [0, 0.05) is 25.8 Å². The van der Waals surface area contributed by atoms with Gasteiger partial charge in [0.05, 0.1) is 0 Å². The molecule has 3 heterocycles. The van der Waals surface area contributed by atoms with E-state index >= 15 is 0 Å². The fourth-order valence-electron chi connectivity index (χ4n) is 2.77. The van der Waals surface area contributed by atoms with Gasteiger partial charge in [-0.15, -0.1) is 0 Å². The summed E-state index contributed by atoms with van der Waals surface area (Å²) >= 11 is 1.31. The molecule has 3 rings (SSSR count). The molecule has 0 amide bonds. The molecule has 7 heteroatoms. The summed E-state index contributed by atoms with van der Waals surface area (Å²) < 4.78 is 2.18. The fraction of sp³-hybridized carbons (Fsp3) is 0.533. The van der Waals surface area contributed by atoms with E-state index in [2.05, 4.69) is 16.8 Å². The summed E-state index contributed by atoms with van der Waals surface area (Å²) in [6.07, 6.45) is 3.64. The molecule has 0 unspecified atom stereocenters. The van der Waals surface area contributed by atoms with Gasteiger partial charge >= 0.3 is 5.97 Å². The van der Waals surface area contributed by atoms with Gasteiger partial charge in [-0.05, 0) is 25.7 Å². The number of pyridine rings is 1. The fourth-order valence-corrected chi connectivity index (χ4v) is 3.85. The van der Waals surface area contributed by atoms with Crippen LogP contribution in [-0.4, -0.2) is 33.7 Å². The van der Waals surface area contributed by atoms with Gasteiger partial charge in [0.25, 0.3) is 0 Å². The third-order valence-electron chi connectivity index (χ3n) is 4.23. The molecule has 6 nitrogen and oxygen atoms in total. The summed E-state index contributed by atoms with van der Waals surface area (Å²) in [4.78, 5) is 30.4. The van der Waals surface area contributed by atoms with Crippen LogP contribution in [0.2, 0.25) is 0 Å². The first-order chi connectivity index (χ1) is 10.5. The molecule has 0 radical (unpaired) electrons. The summed E-state index contributed by atoms with van der Waals surface area (Å²) in [7, 11) is 0. The third-order valence-corrected chi connectivity index (χ3v) is 5.34. The zero-order valence-corrected chi connectivity index (χ0v) is 13.5. The second-order valence-electron chi connectivity index (χ2n) is 5.78. The van der Waals surface area contributed by atoms with E-state index in [4.69, 9.17) is 0 Å². The highest BCUT2D eigenvalue weighted by Gasteiger charge is 2.22. The molecule has 0 spiro atoms. The van der Waals surface area contributed by atoms with Gasteiger partial charge in [-0.3, -0.25) is 4.79 Å². The summed E-state index contributed by atoms with van der Waals surface area (Å²) in [5.74, 6) is -0.462. The van der Waals surface area contributed by atoms with Crippen molar-refractivity contribution in [3.63, 3.8) is 0 Å². The van der Waals surface area contributed by atoms with Gasteiger partial charge in [-0.25, -0.2) is 9.78 Å². The van der Waals surface area contributed by atoms with E-state index in [1.165, 1.54) is 17.5 Å². The van der Waals surface area contributed by atoms with Crippen molar-refractivity contribution in [2.24, 2.45) is 5.92 Å². The number of anilines is 1. The summed E-state index contributed by atoms with van der Waals surface area (Å²) in [5, 5.41) is 10.0. The molecule has 118 valence electrons. The highest BCUT2D eigenvalue weighted by molar-refractivity contribution is 7.22. The molecule has 2 aromatic heterocycles. The van der Waals surface area contributed by atoms with Crippen molar-refractivity contribution in [3.05, 3.63) is 22.0 Å². The first-order valence-electron chi connectivity index (χ1n) is 7.53. The van der Waals surface area contributed by atoms with Crippen LogP contribution in [0.1, 0.15) is 37.0 Å². The van der Waals surface area contributed by atoms with Crippen molar-refractivity contribution in [2.75, 3.05) is 18.0 Å². The molecule has 1 N–H and O–H groups in total. The van der Waals surface area contributed by atoms with Crippen molar-refractivity contribution in [1.82, 2.24) is 9.55 Å². The molecule has 1 fully saturated rings. The number of thiazole rings is 1. The standard InChI is InChI=1S/C15H19N3O3S/c1-3-17-8-10(14(20)21)11(19)12-13(17)16-15(22-12)18-6-4-9(2)5-7-18/h8-9H,3-7H2,1-2H3,(H,20,21). The molecular formula is C15H19N3O3S. The Kier molecular flexibility index (Phi) is 3.90. The average Bonchev–Trinajstić information content (AvgIpc) is 2.94. The Bertz CT molecular complexity index is 772. The van der Waals surface area contributed by atoms with E-state index < -0.39 is 11.4 Å². The van der Waals surface area contributed by atoms with Crippen LogP contribution in [0.15, 0.2) is 11.0 Å². The van der Waals surface area contributed by atoms with E-state index in [0.29, 0.717) is 16.9 Å². The number of carbonyl (C=O) groups is 1. The Labute approximate surface area is 132 Å². The summed E-state index contributed by atoms with van der Waals surface area (Å²) in [6, 6.07) is 0. The molecule has 1 aliphatic heterocycles. The van der Waals surface area contributed by atoms with Crippen LogP contribution in [-0.2, 0) is 6.54 Å². The summed E-state index contributed by atoms with van der Waals surface area (Å²) in [5.41, 5.74) is -0.0192. The van der Waals surface area contributed by atoms with Crippen LogP contribution >= 0.6 is 11.3 Å². The molecule has 0 aliphatic carbocycles. The number of carboxylic acid groups (broad SMARTS) is 1. The van der Waals surface area contributed by atoms with Crippen molar-refractivity contribution in [1.29, 1.82) is 0 Å². The van der Waals surface area contributed by atoms with Crippen molar-refractivity contribution >= 4 is 32.8 Å². The lowest BCUT2D eigenvalue weighted by molar-refractivity contribution is 0.0695. The molecule has 22 heavy (non-hydrogen) atoms. The molecule has 0 saturated carbocycles. The SMILES string of the molecule is CCn1cc(C(=O)O)c(=O)c2sc(N3CCC(C)CC3)nc21. The smallest absolute Gasteiger partial charge is 0.341 e. The van der Waals surface area contributed by atoms with Crippen molar-refractivity contribution in [2.45, 2.75) is 33.2 Å². The van der Waals surface area contributed by atoms with E-state index in [9.17, 15) is 14.7 Å². The average molecular weight is 321 g/mol. The van der Waals surface area contributed by atoms with Gasteiger partial charge in [0.15, 0.2) is 10.8 Å². The van der Waals surface area contributed by atoms with Gasteiger partial charge in [0.2, 0.25) is 5.43 Å². The number of nitrogens with zero attached hydrogens (tertiary/aromatic N) is 3. The van der Waals surface area contributed by atoms with Crippen LogP contribution < -0.4 is 10.3 Å². The number of aromatic nitrogens is 2. The predicted molar refractivity (Wildman–Crippen MR) is 87.1 cm³/mol. The van der Waals surface area contributed by atoms with E-state index in [1.807, 2.05) is 6.92 Å². The molecule has 1 saturated heterocycles. The van der Waals surface area contributed by atoms with E-state index in [1.54, 1.807) is 4.57 Å². The Hall–Kier alpha value is -1.89. The number of rotatable bonds is 3. The van der Waals surface area contributed by atoms with Crippen LogP contribution in [0.25, 0.3) is 10.3 Å². The van der Waals surface area contributed by atoms with Gasteiger partial charge in [-0.2, -0.15) is 0 Å². The second kappa shape index (κ2) is 5.72. The molecule has 2 aromatic rings. The highest BCUT2D eigenvalue weighted by atomic mass is 32.1. The van der Waals surface area contributed by atoms with Crippen LogP contribution in [0.3, 0.4) is 0 Å². The normalized spacial score (nSPS) is 16.4. The Morgan fingerprint density at radius 1 is 1.45 bits per heavy atom. The zero-order valence-electron chi connectivity index (χ0n) is 12.7. The minimum Gasteiger partial charge on any atom is -0.477 e. The van der Waals surface area contributed by atoms with Gasteiger partial charge in [-0.1, -0.05) is 18.3 Å². The molecule has 0 atom stereocenters. The Morgan fingerprint density at radius 2 is 2.14 bits per heavy atom. The van der Waals surface area contributed by atoms with Gasteiger partial charge in [0.1, 0.15) is 10.3 Å². The maximum absolute atomic E-state index is 12.3. The number of fused-ring (bicyclic) bond motifs is 1. The second-order valence-corrected chi connectivity index (χ2v) is 6.76. The first-order valence-corrected chi connectivity index (χ1v) is 8.35.